The number of rotatable bonds is 0. The summed E-state index contributed by atoms with van der Waals surface area (Å²) < 4.78 is 1.52. The van der Waals surface area contributed by atoms with Crippen molar-refractivity contribution in [1.29, 1.82) is 0 Å². The second-order valence-electron chi connectivity index (χ2n) is 2.18. The molecule has 2 aromatic heterocycles. The summed E-state index contributed by atoms with van der Waals surface area (Å²) in [6.45, 7) is 6.78. The van der Waals surface area contributed by atoms with Crippen molar-refractivity contribution in [3.05, 3.63) is 35.2 Å². The molecule has 0 aromatic carbocycles. The van der Waals surface area contributed by atoms with E-state index in [0.29, 0.717) is 16.2 Å². The van der Waals surface area contributed by atoms with Crippen molar-refractivity contribution in [2.24, 2.45) is 0 Å². The first-order valence-corrected chi connectivity index (χ1v) is 3.55. The van der Waals surface area contributed by atoms with E-state index in [9.17, 15) is 0 Å². The van der Waals surface area contributed by atoms with Gasteiger partial charge in [-0.05, 0) is 0 Å². The van der Waals surface area contributed by atoms with E-state index in [4.69, 9.17) is 18.2 Å². The molecule has 0 aliphatic rings. The highest BCUT2D eigenvalue weighted by atomic mass is 35.5. The van der Waals surface area contributed by atoms with E-state index in [2.05, 4.69) is 14.9 Å². The van der Waals surface area contributed by atoms with Gasteiger partial charge in [0.15, 0.2) is 0 Å². The van der Waals surface area contributed by atoms with E-state index in [-0.39, 0.29) is 0 Å². The molecule has 0 N–H and O–H groups in total. The molecule has 0 saturated carbocycles. The molecule has 0 atom stereocenters. The number of aromatic nitrogens is 3. The molecule has 0 saturated heterocycles. The highest BCUT2D eigenvalue weighted by Gasteiger charge is 2.05. The Morgan fingerprint density at radius 2 is 2.33 bits per heavy atom. The van der Waals surface area contributed by atoms with Crippen LogP contribution in [0.15, 0.2) is 18.7 Å². The summed E-state index contributed by atoms with van der Waals surface area (Å²) in [5.41, 5.74) is 1.01. The molecule has 12 heavy (non-hydrogen) atoms. The van der Waals surface area contributed by atoms with Gasteiger partial charge in [-0.2, -0.15) is 5.10 Å². The number of hydrogen-bond acceptors (Lipinski definition) is 2. The number of imidazole rings is 1. The third kappa shape index (κ3) is 0.840. The third-order valence-corrected chi connectivity index (χ3v) is 1.88. The summed E-state index contributed by atoms with van der Waals surface area (Å²) in [5.74, 6) is 0. The largest absolute Gasteiger partial charge is 0.243 e. The Hall–Kier alpha value is -1.60. The van der Waals surface area contributed by atoms with E-state index in [0.717, 1.165) is 0 Å². The van der Waals surface area contributed by atoms with Gasteiger partial charge in [-0.25, -0.2) is 14.3 Å². The number of hydrogen-bond donors (Lipinski definition) is 0. The van der Waals surface area contributed by atoms with Crippen molar-refractivity contribution >= 4 is 22.8 Å². The zero-order valence-corrected chi connectivity index (χ0v) is 6.65. The van der Waals surface area contributed by atoms with E-state index >= 15 is 0 Å². The molecular weight excluding hydrogens is 176 g/mol. The summed E-state index contributed by atoms with van der Waals surface area (Å²) in [6, 6.07) is 0. The molecule has 0 unspecified atom stereocenters. The fourth-order valence-corrected chi connectivity index (χ4v) is 1.15. The minimum atomic E-state index is 0.352. The second-order valence-corrected chi connectivity index (χ2v) is 2.56. The summed E-state index contributed by atoms with van der Waals surface area (Å²) in [6.07, 6.45) is 4.53. The molecule has 2 aromatic rings. The predicted octanol–water partition coefficient (Wildman–Crippen LogP) is 1.93. The van der Waals surface area contributed by atoms with Gasteiger partial charge < -0.3 is 0 Å². The molecule has 0 spiro atoms. The number of fused-ring (bicyclic) bond motifs is 1. The second kappa shape index (κ2) is 2.47. The van der Waals surface area contributed by atoms with Crippen molar-refractivity contribution in [1.82, 2.24) is 14.6 Å². The molecule has 0 aliphatic carbocycles. The summed E-state index contributed by atoms with van der Waals surface area (Å²) in [4.78, 5) is 7.06. The van der Waals surface area contributed by atoms with Crippen LogP contribution in [-0.4, -0.2) is 14.6 Å². The molecule has 0 aliphatic heterocycles. The van der Waals surface area contributed by atoms with Gasteiger partial charge in [0.1, 0.15) is 6.33 Å². The van der Waals surface area contributed by atoms with Crippen molar-refractivity contribution in [2.45, 2.75) is 0 Å². The Labute approximate surface area is 73.2 Å². The molecule has 4 nitrogen and oxygen atoms in total. The maximum Gasteiger partial charge on any atom is 0.227 e. The van der Waals surface area contributed by atoms with Crippen LogP contribution < -0.4 is 0 Å². The van der Waals surface area contributed by atoms with E-state index in [1.54, 1.807) is 6.20 Å². The topological polar surface area (TPSA) is 34.5 Å². The fraction of sp³-hybridized carbons (Fsp3) is 0. The molecule has 2 heterocycles. The van der Waals surface area contributed by atoms with Gasteiger partial charge in [0.2, 0.25) is 5.69 Å². The van der Waals surface area contributed by atoms with Gasteiger partial charge in [-0.3, -0.25) is 0 Å². The van der Waals surface area contributed by atoms with Crippen LogP contribution in [-0.2, 0) is 0 Å². The van der Waals surface area contributed by atoms with Gasteiger partial charge in [-0.15, -0.1) is 0 Å². The summed E-state index contributed by atoms with van der Waals surface area (Å²) >= 11 is 5.87. The monoisotopic (exact) mass is 178 g/mol. The van der Waals surface area contributed by atoms with Gasteiger partial charge in [-0.1, -0.05) is 11.6 Å². The smallest absolute Gasteiger partial charge is 0.227 e. The predicted molar refractivity (Wildman–Crippen MR) is 44.3 cm³/mol. The minimum Gasteiger partial charge on any atom is -0.243 e. The lowest BCUT2D eigenvalue weighted by Gasteiger charge is -1.95. The molecule has 0 amide bonds. The molecule has 0 bridgehead atoms. The average Bonchev–Trinajstić information content (AvgIpc) is 2.53. The number of halogens is 1. The fourth-order valence-electron chi connectivity index (χ4n) is 0.920. The highest BCUT2D eigenvalue weighted by molar-refractivity contribution is 6.36. The third-order valence-electron chi connectivity index (χ3n) is 1.49. The normalized spacial score (nSPS) is 10.0. The van der Waals surface area contributed by atoms with Crippen LogP contribution >= 0.6 is 11.6 Å². The first-order valence-electron chi connectivity index (χ1n) is 3.17. The van der Waals surface area contributed by atoms with E-state index < -0.39 is 0 Å². The maximum absolute atomic E-state index is 6.78. The lowest BCUT2D eigenvalue weighted by Crippen LogP contribution is -1.87. The molecule has 2 rings (SSSR count). The molecule has 0 radical (unpaired) electrons. The Bertz CT molecular complexity index is 468. The Morgan fingerprint density at radius 3 is 3.08 bits per heavy atom. The first-order chi connectivity index (χ1) is 5.83. The highest BCUT2D eigenvalue weighted by Crippen LogP contribution is 2.27. The van der Waals surface area contributed by atoms with Gasteiger partial charge in [0.25, 0.3) is 0 Å². The number of nitrogens with zero attached hydrogens (tertiary/aromatic N) is 4. The SMILES string of the molecule is [C-]#[N+]c1cnn2cncc2c1Cl. The maximum atomic E-state index is 6.78. The Morgan fingerprint density at radius 1 is 1.50 bits per heavy atom. The van der Waals surface area contributed by atoms with Crippen LogP contribution in [0, 0.1) is 6.57 Å². The van der Waals surface area contributed by atoms with Crippen LogP contribution in [0.5, 0.6) is 0 Å². The van der Waals surface area contributed by atoms with E-state index in [1.807, 2.05) is 0 Å². The minimum absolute atomic E-state index is 0.352. The summed E-state index contributed by atoms with van der Waals surface area (Å²) in [7, 11) is 0. The Balaban J connectivity index is 2.89. The lowest BCUT2D eigenvalue weighted by atomic mass is 10.4. The zero-order valence-electron chi connectivity index (χ0n) is 5.90. The van der Waals surface area contributed by atoms with Crippen molar-refractivity contribution in [3.63, 3.8) is 0 Å². The van der Waals surface area contributed by atoms with Gasteiger partial charge in [0.05, 0.1) is 29.5 Å². The Kier molecular flexibility index (Phi) is 1.45. The standard InChI is InChI=1S/C7H3ClN4/c1-9-5-2-11-12-4-10-3-6(12)7(5)8/h2-4H. The van der Waals surface area contributed by atoms with Crippen LogP contribution in [0.2, 0.25) is 5.02 Å². The van der Waals surface area contributed by atoms with Gasteiger partial charge >= 0.3 is 0 Å². The van der Waals surface area contributed by atoms with Gasteiger partial charge in [0, 0.05) is 0 Å². The average molecular weight is 179 g/mol. The molecular formula is C7H3ClN4. The molecule has 5 heteroatoms. The van der Waals surface area contributed by atoms with Crippen LogP contribution in [0.1, 0.15) is 0 Å². The lowest BCUT2D eigenvalue weighted by molar-refractivity contribution is 0.929. The van der Waals surface area contributed by atoms with Crippen molar-refractivity contribution in [2.75, 3.05) is 0 Å². The zero-order chi connectivity index (χ0) is 8.55. The van der Waals surface area contributed by atoms with Crippen LogP contribution in [0.25, 0.3) is 10.4 Å². The van der Waals surface area contributed by atoms with Crippen molar-refractivity contribution in [3.8, 4) is 0 Å². The molecule has 58 valence electrons. The quantitative estimate of drug-likeness (QED) is 0.578. The van der Waals surface area contributed by atoms with E-state index in [1.165, 1.54) is 17.0 Å². The van der Waals surface area contributed by atoms with Crippen molar-refractivity contribution < 1.29 is 0 Å². The summed E-state index contributed by atoms with van der Waals surface area (Å²) in [5, 5.41) is 4.33. The first kappa shape index (κ1) is 7.07. The molecule has 0 fully saturated rings. The van der Waals surface area contributed by atoms with Crippen LogP contribution in [0.3, 0.4) is 0 Å². The van der Waals surface area contributed by atoms with Crippen LogP contribution in [0.4, 0.5) is 5.69 Å².